The molecular weight excluding hydrogens is 162 g/mol. The topological polar surface area (TPSA) is 132 Å². The van der Waals surface area contributed by atoms with Crippen molar-refractivity contribution < 1.29 is 14.7 Å². The lowest BCUT2D eigenvalue weighted by Crippen LogP contribution is -2.37. The molecule has 0 saturated carbocycles. The SMILES string of the molecule is NC(N)CC(=O)C[C@H](N)C(=O)O. The van der Waals surface area contributed by atoms with Crippen molar-refractivity contribution in [3.05, 3.63) is 0 Å². The minimum Gasteiger partial charge on any atom is -0.480 e. The molecule has 12 heavy (non-hydrogen) atoms. The number of hydrogen-bond donors (Lipinski definition) is 4. The standard InChI is InChI=1S/C6H13N3O3/c7-4(6(11)12)1-3(10)2-5(8)9/h4-5H,1-2,7-9H2,(H,11,12)/t4-/m0/s1. The largest absolute Gasteiger partial charge is 0.480 e. The fourth-order valence-electron chi connectivity index (χ4n) is 0.679. The zero-order valence-corrected chi connectivity index (χ0v) is 6.56. The van der Waals surface area contributed by atoms with Gasteiger partial charge in [0.1, 0.15) is 11.8 Å². The van der Waals surface area contributed by atoms with Crippen LogP contribution in [-0.2, 0) is 9.59 Å². The van der Waals surface area contributed by atoms with E-state index in [1.807, 2.05) is 0 Å². The maximum atomic E-state index is 10.9. The van der Waals surface area contributed by atoms with Gasteiger partial charge in [0.15, 0.2) is 0 Å². The summed E-state index contributed by atoms with van der Waals surface area (Å²) >= 11 is 0. The van der Waals surface area contributed by atoms with Crippen LogP contribution >= 0.6 is 0 Å². The van der Waals surface area contributed by atoms with Gasteiger partial charge >= 0.3 is 5.97 Å². The molecule has 0 aromatic rings. The summed E-state index contributed by atoms with van der Waals surface area (Å²) < 4.78 is 0. The Hall–Kier alpha value is -0.980. The Morgan fingerprint density at radius 3 is 2.00 bits per heavy atom. The van der Waals surface area contributed by atoms with Crippen LogP contribution in [0.5, 0.6) is 0 Å². The Balaban J connectivity index is 3.77. The van der Waals surface area contributed by atoms with Crippen molar-refractivity contribution in [3.8, 4) is 0 Å². The molecule has 6 heteroatoms. The predicted molar refractivity (Wildman–Crippen MR) is 42.0 cm³/mol. The van der Waals surface area contributed by atoms with Gasteiger partial charge in [0.05, 0.1) is 6.17 Å². The molecule has 0 spiro atoms. The first-order valence-corrected chi connectivity index (χ1v) is 3.44. The minimum absolute atomic E-state index is 0.0407. The Kier molecular flexibility index (Phi) is 4.42. The van der Waals surface area contributed by atoms with Gasteiger partial charge in [-0.25, -0.2) is 0 Å². The summed E-state index contributed by atoms with van der Waals surface area (Å²) in [5.41, 5.74) is 15.3. The average molecular weight is 175 g/mol. The molecule has 7 N–H and O–H groups in total. The van der Waals surface area contributed by atoms with E-state index in [1.54, 1.807) is 0 Å². The first-order chi connectivity index (χ1) is 5.43. The highest BCUT2D eigenvalue weighted by Crippen LogP contribution is 1.94. The quantitative estimate of drug-likeness (QED) is 0.357. The zero-order valence-electron chi connectivity index (χ0n) is 6.56. The lowest BCUT2D eigenvalue weighted by Gasteiger charge is -2.06. The number of carboxylic acid groups (broad SMARTS) is 1. The van der Waals surface area contributed by atoms with E-state index in [0.29, 0.717) is 0 Å². The highest BCUT2D eigenvalue weighted by Gasteiger charge is 2.16. The number of carboxylic acids is 1. The van der Waals surface area contributed by atoms with Crippen LogP contribution < -0.4 is 17.2 Å². The molecule has 0 saturated heterocycles. The Bertz CT molecular complexity index is 181. The molecule has 0 aliphatic rings. The normalized spacial score (nSPS) is 13.0. The van der Waals surface area contributed by atoms with E-state index >= 15 is 0 Å². The van der Waals surface area contributed by atoms with Crippen molar-refractivity contribution in [2.45, 2.75) is 25.0 Å². The van der Waals surface area contributed by atoms with Crippen LogP contribution in [0.4, 0.5) is 0 Å². The molecule has 0 rings (SSSR count). The van der Waals surface area contributed by atoms with Crippen molar-refractivity contribution in [1.82, 2.24) is 0 Å². The molecular formula is C6H13N3O3. The first kappa shape index (κ1) is 11.0. The summed E-state index contributed by atoms with van der Waals surface area (Å²) in [6.07, 6.45) is -1.00. The number of carbonyl (C=O) groups is 2. The molecule has 0 unspecified atom stereocenters. The number of nitrogens with two attached hydrogens (primary N) is 3. The van der Waals surface area contributed by atoms with E-state index < -0.39 is 18.2 Å². The Morgan fingerprint density at radius 1 is 1.17 bits per heavy atom. The van der Waals surface area contributed by atoms with E-state index in [4.69, 9.17) is 22.3 Å². The second-order valence-corrected chi connectivity index (χ2v) is 2.56. The minimum atomic E-state index is -1.20. The summed E-state index contributed by atoms with van der Waals surface area (Å²) in [7, 11) is 0. The van der Waals surface area contributed by atoms with Gasteiger partial charge in [-0.15, -0.1) is 0 Å². The maximum Gasteiger partial charge on any atom is 0.320 e. The zero-order chi connectivity index (χ0) is 9.72. The van der Waals surface area contributed by atoms with Gasteiger partial charge in [-0.3, -0.25) is 9.59 Å². The molecule has 0 heterocycles. The monoisotopic (exact) mass is 175 g/mol. The van der Waals surface area contributed by atoms with E-state index in [1.165, 1.54) is 0 Å². The van der Waals surface area contributed by atoms with Gasteiger partial charge in [0.2, 0.25) is 0 Å². The second kappa shape index (κ2) is 4.81. The summed E-state index contributed by atoms with van der Waals surface area (Å²) in [6.45, 7) is 0. The molecule has 0 fully saturated rings. The fraction of sp³-hybridized carbons (Fsp3) is 0.667. The van der Waals surface area contributed by atoms with Crippen molar-refractivity contribution in [2.75, 3.05) is 0 Å². The molecule has 0 bridgehead atoms. The number of Topliss-reactive ketones (excluding diaryl/α,β-unsaturated/α-hetero) is 1. The van der Waals surface area contributed by atoms with E-state index in [9.17, 15) is 9.59 Å². The molecule has 0 aliphatic carbocycles. The van der Waals surface area contributed by atoms with Crippen LogP contribution in [0.25, 0.3) is 0 Å². The Morgan fingerprint density at radius 2 is 1.67 bits per heavy atom. The molecule has 6 nitrogen and oxygen atoms in total. The van der Waals surface area contributed by atoms with Crippen molar-refractivity contribution in [3.63, 3.8) is 0 Å². The molecule has 0 amide bonds. The highest BCUT2D eigenvalue weighted by molar-refractivity contribution is 5.85. The van der Waals surface area contributed by atoms with Crippen LogP contribution in [-0.4, -0.2) is 29.1 Å². The fourth-order valence-corrected chi connectivity index (χ4v) is 0.679. The smallest absolute Gasteiger partial charge is 0.320 e. The summed E-state index contributed by atoms with van der Waals surface area (Å²) in [4.78, 5) is 21.0. The molecule has 1 atom stereocenters. The van der Waals surface area contributed by atoms with Gasteiger partial charge < -0.3 is 22.3 Å². The predicted octanol–water partition coefficient (Wildman–Crippen LogP) is -2.01. The van der Waals surface area contributed by atoms with Crippen LogP contribution in [0, 0.1) is 0 Å². The third kappa shape index (κ3) is 4.78. The van der Waals surface area contributed by atoms with Gasteiger partial charge in [-0.05, 0) is 0 Å². The maximum absolute atomic E-state index is 10.9. The summed E-state index contributed by atoms with van der Waals surface area (Å²) in [5.74, 6) is -1.53. The highest BCUT2D eigenvalue weighted by atomic mass is 16.4. The van der Waals surface area contributed by atoms with Crippen molar-refractivity contribution >= 4 is 11.8 Å². The Labute approximate surface area is 69.7 Å². The molecule has 0 aromatic carbocycles. The van der Waals surface area contributed by atoms with Crippen LogP contribution in [0.15, 0.2) is 0 Å². The van der Waals surface area contributed by atoms with Gasteiger partial charge in [0.25, 0.3) is 0 Å². The molecule has 0 aliphatic heterocycles. The van der Waals surface area contributed by atoms with Gasteiger partial charge in [-0.1, -0.05) is 0 Å². The molecule has 0 aromatic heterocycles. The third-order valence-corrected chi connectivity index (χ3v) is 1.23. The van der Waals surface area contributed by atoms with Crippen LogP contribution in [0.3, 0.4) is 0 Å². The van der Waals surface area contributed by atoms with Crippen molar-refractivity contribution in [1.29, 1.82) is 0 Å². The second-order valence-electron chi connectivity index (χ2n) is 2.56. The van der Waals surface area contributed by atoms with Gasteiger partial charge in [0, 0.05) is 12.8 Å². The number of rotatable bonds is 5. The van der Waals surface area contributed by atoms with Crippen LogP contribution in [0.1, 0.15) is 12.8 Å². The molecule has 70 valence electrons. The van der Waals surface area contributed by atoms with Crippen molar-refractivity contribution in [2.24, 2.45) is 17.2 Å². The van der Waals surface area contributed by atoms with E-state index in [2.05, 4.69) is 0 Å². The van der Waals surface area contributed by atoms with E-state index in [-0.39, 0.29) is 18.6 Å². The summed E-state index contributed by atoms with van der Waals surface area (Å²) in [6, 6.07) is -1.16. The lowest BCUT2D eigenvalue weighted by molar-refractivity contribution is -0.140. The number of aliphatic carboxylic acids is 1. The van der Waals surface area contributed by atoms with E-state index in [0.717, 1.165) is 0 Å². The third-order valence-electron chi connectivity index (χ3n) is 1.23. The number of carbonyl (C=O) groups excluding carboxylic acids is 1. The average Bonchev–Trinajstić information content (AvgIpc) is 1.84. The first-order valence-electron chi connectivity index (χ1n) is 3.44. The molecule has 0 radical (unpaired) electrons. The number of hydrogen-bond acceptors (Lipinski definition) is 5. The van der Waals surface area contributed by atoms with Crippen LogP contribution in [0.2, 0.25) is 0 Å². The van der Waals surface area contributed by atoms with Gasteiger partial charge in [-0.2, -0.15) is 0 Å². The lowest BCUT2D eigenvalue weighted by atomic mass is 10.1. The number of ketones is 1. The summed E-state index contributed by atoms with van der Waals surface area (Å²) in [5, 5.41) is 8.33.